The fraction of sp³-hybridized carbons (Fsp3) is 0.120. The molecule has 1 aliphatic heterocycles. The molecule has 0 saturated heterocycles. The summed E-state index contributed by atoms with van der Waals surface area (Å²) in [4.78, 5) is 28.2. The molecule has 1 aliphatic rings. The van der Waals surface area contributed by atoms with Crippen LogP contribution in [-0.2, 0) is 11.3 Å². The van der Waals surface area contributed by atoms with Crippen LogP contribution in [0.1, 0.15) is 27.0 Å². The molecule has 0 aromatic heterocycles. The third-order valence-corrected chi connectivity index (χ3v) is 6.16. The second kappa shape index (κ2) is 8.78. The Morgan fingerprint density at radius 1 is 1.10 bits per heavy atom. The van der Waals surface area contributed by atoms with Crippen molar-refractivity contribution >= 4 is 35.3 Å². The molecule has 4 nitrogen and oxygen atoms in total. The van der Waals surface area contributed by atoms with Gasteiger partial charge >= 0.3 is 0 Å². The Balaban J connectivity index is 1.54. The van der Waals surface area contributed by atoms with Gasteiger partial charge in [-0.15, -0.1) is 0 Å². The van der Waals surface area contributed by atoms with Gasteiger partial charge in [0.05, 0.1) is 10.6 Å². The van der Waals surface area contributed by atoms with E-state index in [1.807, 2.05) is 37.3 Å². The number of carbonyl (C=O) groups is 2. The van der Waals surface area contributed by atoms with Crippen LogP contribution in [0.2, 0.25) is 0 Å². The van der Waals surface area contributed by atoms with Crippen molar-refractivity contribution in [1.82, 2.24) is 5.32 Å². The number of hydrogen-bond donors (Lipinski definition) is 1. The predicted molar refractivity (Wildman–Crippen MR) is 122 cm³/mol. The van der Waals surface area contributed by atoms with Crippen LogP contribution in [0.4, 0.5) is 10.1 Å². The smallest absolute Gasteiger partial charge is 0.264 e. The number of amides is 2. The molecule has 3 aromatic rings. The average molecular weight is 433 g/mol. The minimum atomic E-state index is -0.377. The summed E-state index contributed by atoms with van der Waals surface area (Å²) < 4.78 is 14.0. The Bertz CT molecular complexity index is 1190. The van der Waals surface area contributed by atoms with Gasteiger partial charge < -0.3 is 10.2 Å². The fourth-order valence-corrected chi connectivity index (χ4v) is 4.34. The van der Waals surface area contributed by atoms with E-state index < -0.39 is 0 Å². The third kappa shape index (κ3) is 4.54. The topological polar surface area (TPSA) is 49.4 Å². The molecule has 3 aromatic carbocycles. The van der Waals surface area contributed by atoms with Gasteiger partial charge in [-0.3, -0.25) is 9.59 Å². The van der Waals surface area contributed by atoms with Gasteiger partial charge in [-0.2, -0.15) is 0 Å². The Labute approximate surface area is 184 Å². The quantitative estimate of drug-likeness (QED) is 0.579. The van der Waals surface area contributed by atoms with Gasteiger partial charge in [-0.1, -0.05) is 59.8 Å². The van der Waals surface area contributed by atoms with Crippen LogP contribution >= 0.6 is 11.8 Å². The third-order valence-electron chi connectivity index (χ3n) is 5.08. The molecule has 0 fully saturated rings. The molecule has 1 N–H and O–H groups in total. The number of rotatable bonds is 4. The van der Waals surface area contributed by atoms with Gasteiger partial charge in [0, 0.05) is 29.6 Å². The molecule has 0 aliphatic carbocycles. The predicted octanol–water partition coefficient (Wildman–Crippen LogP) is 5.17. The molecule has 0 bridgehead atoms. The van der Waals surface area contributed by atoms with Crippen LogP contribution in [0.5, 0.6) is 0 Å². The molecule has 31 heavy (non-hydrogen) atoms. The number of hydrogen-bond acceptors (Lipinski definition) is 3. The molecule has 0 atom stereocenters. The second-order valence-electron chi connectivity index (χ2n) is 7.35. The standard InChI is InChI=1S/C25H21FN2O2S/c1-16-7-9-17(10-8-16)15-27-24(29)19-11-12-22-21(13-19)28(2)25(30)23(31-22)14-18-5-3-4-6-20(18)26/h3-14H,15H2,1-2H3,(H,27,29)/b23-14-. The summed E-state index contributed by atoms with van der Waals surface area (Å²) in [6.07, 6.45) is 1.56. The molecule has 0 spiro atoms. The fourth-order valence-electron chi connectivity index (χ4n) is 3.26. The Morgan fingerprint density at radius 3 is 2.58 bits per heavy atom. The van der Waals surface area contributed by atoms with Crippen molar-refractivity contribution in [3.8, 4) is 0 Å². The zero-order chi connectivity index (χ0) is 22.0. The summed E-state index contributed by atoms with van der Waals surface area (Å²) >= 11 is 1.28. The van der Waals surface area contributed by atoms with E-state index >= 15 is 0 Å². The van der Waals surface area contributed by atoms with Crippen LogP contribution in [0.3, 0.4) is 0 Å². The Morgan fingerprint density at radius 2 is 1.84 bits per heavy atom. The first-order valence-electron chi connectivity index (χ1n) is 9.82. The molecular formula is C25H21FN2O2S. The summed E-state index contributed by atoms with van der Waals surface area (Å²) in [5, 5.41) is 2.91. The van der Waals surface area contributed by atoms with Gasteiger partial charge in [0.2, 0.25) is 0 Å². The zero-order valence-electron chi connectivity index (χ0n) is 17.2. The molecule has 6 heteroatoms. The SMILES string of the molecule is Cc1ccc(CNC(=O)c2ccc3c(c2)N(C)C(=O)/C(=C/c2ccccc2F)S3)cc1. The van der Waals surface area contributed by atoms with Crippen molar-refractivity contribution < 1.29 is 14.0 Å². The zero-order valence-corrected chi connectivity index (χ0v) is 18.0. The molecule has 0 saturated carbocycles. The van der Waals surface area contributed by atoms with Gasteiger partial charge in [0.1, 0.15) is 5.82 Å². The molecule has 0 radical (unpaired) electrons. The number of carbonyl (C=O) groups excluding carboxylic acids is 2. The summed E-state index contributed by atoms with van der Waals surface area (Å²) in [7, 11) is 1.66. The van der Waals surface area contributed by atoms with Crippen molar-refractivity contribution in [2.45, 2.75) is 18.4 Å². The molecule has 0 unspecified atom stereocenters. The average Bonchev–Trinajstić information content (AvgIpc) is 2.78. The largest absolute Gasteiger partial charge is 0.348 e. The number of fused-ring (bicyclic) bond motifs is 1. The number of halogens is 1. The lowest BCUT2D eigenvalue weighted by molar-refractivity contribution is -0.114. The van der Waals surface area contributed by atoms with Crippen LogP contribution in [0.25, 0.3) is 6.08 Å². The molecule has 4 rings (SSSR count). The summed E-state index contributed by atoms with van der Waals surface area (Å²) in [5.41, 5.74) is 3.68. The lowest BCUT2D eigenvalue weighted by atomic mass is 10.1. The number of aryl methyl sites for hydroxylation is 1. The normalized spacial score (nSPS) is 14.5. The highest BCUT2D eigenvalue weighted by Crippen LogP contribution is 2.42. The van der Waals surface area contributed by atoms with Crippen molar-refractivity contribution in [2.24, 2.45) is 0 Å². The number of benzene rings is 3. The highest BCUT2D eigenvalue weighted by molar-refractivity contribution is 8.04. The second-order valence-corrected chi connectivity index (χ2v) is 8.43. The van der Waals surface area contributed by atoms with E-state index in [0.29, 0.717) is 28.3 Å². The van der Waals surface area contributed by atoms with Crippen LogP contribution in [-0.4, -0.2) is 18.9 Å². The lowest BCUT2D eigenvalue weighted by Crippen LogP contribution is -2.31. The van der Waals surface area contributed by atoms with Gasteiger partial charge in [0.15, 0.2) is 0 Å². The monoisotopic (exact) mass is 432 g/mol. The molecule has 2 amide bonds. The van der Waals surface area contributed by atoms with Crippen molar-refractivity contribution in [3.63, 3.8) is 0 Å². The minimum absolute atomic E-state index is 0.207. The van der Waals surface area contributed by atoms with E-state index in [4.69, 9.17) is 0 Å². The molecule has 156 valence electrons. The Hall–Kier alpha value is -3.38. The van der Waals surface area contributed by atoms with Crippen molar-refractivity contribution in [3.05, 3.63) is 99.7 Å². The van der Waals surface area contributed by atoms with E-state index in [1.54, 1.807) is 43.5 Å². The number of nitrogens with one attached hydrogen (secondary N) is 1. The van der Waals surface area contributed by atoms with E-state index in [1.165, 1.54) is 28.3 Å². The van der Waals surface area contributed by atoms with Gasteiger partial charge in [-0.25, -0.2) is 4.39 Å². The van der Waals surface area contributed by atoms with E-state index in [2.05, 4.69) is 5.32 Å². The van der Waals surface area contributed by atoms with Crippen LogP contribution in [0.15, 0.2) is 76.5 Å². The van der Waals surface area contributed by atoms with Crippen LogP contribution < -0.4 is 10.2 Å². The van der Waals surface area contributed by atoms with Crippen LogP contribution in [0, 0.1) is 12.7 Å². The van der Waals surface area contributed by atoms with E-state index in [9.17, 15) is 14.0 Å². The van der Waals surface area contributed by atoms with E-state index in [0.717, 1.165) is 10.5 Å². The Kier molecular flexibility index (Phi) is 5.91. The lowest BCUT2D eigenvalue weighted by Gasteiger charge is -2.27. The maximum atomic E-state index is 14.0. The van der Waals surface area contributed by atoms with Gasteiger partial charge in [-0.05, 0) is 42.8 Å². The minimum Gasteiger partial charge on any atom is -0.348 e. The number of likely N-dealkylation sites (N-methyl/N-ethyl adjacent to an activating group) is 1. The summed E-state index contributed by atoms with van der Waals surface area (Å²) in [6, 6.07) is 19.6. The molecular weight excluding hydrogens is 411 g/mol. The number of anilines is 1. The van der Waals surface area contributed by atoms with Crippen molar-refractivity contribution in [1.29, 1.82) is 0 Å². The first kappa shape index (κ1) is 20.9. The highest BCUT2D eigenvalue weighted by atomic mass is 32.2. The number of thioether (sulfide) groups is 1. The first-order valence-corrected chi connectivity index (χ1v) is 10.6. The maximum absolute atomic E-state index is 14.0. The van der Waals surface area contributed by atoms with Crippen molar-refractivity contribution in [2.75, 3.05) is 11.9 Å². The highest BCUT2D eigenvalue weighted by Gasteiger charge is 2.27. The number of nitrogens with zero attached hydrogens (tertiary/aromatic N) is 1. The van der Waals surface area contributed by atoms with E-state index in [-0.39, 0.29) is 17.6 Å². The van der Waals surface area contributed by atoms with Gasteiger partial charge in [0.25, 0.3) is 11.8 Å². The summed E-state index contributed by atoms with van der Waals surface area (Å²) in [6.45, 7) is 2.44. The summed E-state index contributed by atoms with van der Waals surface area (Å²) in [5.74, 6) is -0.822. The maximum Gasteiger partial charge on any atom is 0.264 e. The first-order chi connectivity index (χ1) is 14.9. The molecule has 1 heterocycles.